The fraction of sp³-hybridized carbons (Fsp3) is 0.400. The van der Waals surface area contributed by atoms with E-state index in [1.54, 1.807) is 0 Å². The van der Waals surface area contributed by atoms with E-state index in [1.807, 2.05) is 0 Å². The van der Waals surface area contributed by atoms with Gasteiger partial charge in [0.15, 0.2) is 11.1 Å². The standard InChI is InChI=1S/C10H11F3O3S/c1-9(2,17(14)15)7-3-5-8(6-4-7)16-10(11,12)13/h3-6H,1-2H3,(H,14,15). The Kier molecular flexibility index (Phi) is 3.83. The van der Waals surface area contributed by atoms with Crippen molar-refractivity contribution in [2.75, 3.05) is 0 Å². The highest BCUT2D eigenvalue weighted by Gasteiger charge is 2.32. The molecule has 96 valence electrons. The van der Waals surface area contributed by atoms with E-state index in [9.17, 15) is 17.4 Å². The lowest BCUT2D eigenvalue weighted by atomic mass is 10.0. The minimum Gasteiger partial charge on any atom is -0.406 e. The number of alkyl halides is 3. The Morgan fingerprint density at radius 3 is 2.00 bits per heavy atom. The Morgan fingerprint density at radius 2 is 1.65 bits per heavy atom. The Morgan fingerprint density at radius 1 is 1.18 bits per heavy atom. The first-order valence-electron chi connectivity index (χ1n) is 4.60. The lowest BCUT2D eigenvalue weighted by Crippen LogP contribution is -2.23. The Labute approximate surface area is 98.9 Å². The summed E-state index contributed by atoms with van der Waals surface area (Å²) in [4.78, 5) is 0. The quantitative estimate of drug-likeness (QED) is 0.857. The summed E-state index contributed by atoms with van der Waals surface area (Å²) in [5.41, 5.74) is 0.452. The highest BCUT2D eigenvalue weighted by Crippen LogP contribution is 2.29. The van der Waals surface area contributed by atoms with Gasteiger partial charge in [0.1, 0.15) is 5.75 Å². The number of hydrogen-bond donors (Lipinski definition) is 1. The van der Waals surface area contributed by atoms with Crippen LogP contribution >= 0.6 is 0 Å². The molecular weight excluding hydrogens is 257 g/mol. The molecule has 0 saturated carbocycles. The predicted octanol–water partition coefficient (Wildman–Crippen LogP) is 3.04. The van der Waals surface area contributed by atoms with Gasteiger partial charge in [-0.3, -0.25) is 0 Å². The third kappa shape index (κ3) is 3.71. The van der Waals surface area contributed by atoms with Gasteiger partial charge in [-0.05, 0) is 31.5 Å². The van der Waals surface area contributed by atoms with Crippen molar-refractivity contribution in [1.29, 1.82) is 0 Å². The molecule has 0 heterocycles. The second-order valence-electron chi connectivity index (χ2n) is 3.83. The van der Waals surface area contributed by atoms with E-state index in [0.717, 1.165) is 12.1 Å². The molecule has 0 aliphatic heterocycles. The lowest BCUT2D eigenvalue weighted by molar-refractivity contribution is -0.274. The first-order chi connectivity index (χ1) is 7.63. The second-order valence-corrected chi connectivity index (χ2v) is 5.35. The zero-order valence-corrected chi connectivity index (χ0v) is 9.93. The molecule has 0 aromatic heterocycles. The number of hydrogen-bond acceptors (Lipinski definition) is 2. The van der Waals surface area contributed by atoms with Crippen LogP contribution in [-0.2, 0) is 15.8 Å². The Bertz CT molecular complexity index is 412. The molecule has 0 aliphatic carbocycles. The predicted molar refractivity (Wildman–Crippen MR) is 56.9 cm³/mol. The van der Waals surface area contributed by atoms with Gasteiger partial charge in [-0.15, -0.1) is 13.2 Å². The minimum absolute atomic E-state index is 0.360. The molecule has 0 radical (unpaired) electrons. The Hall–Kier alpha value is -1.08. The van der Waals surface area contributed by atoms with Crippen LogP contribution in [0.2, 0.25) is 0 Å². The maximum atomic E-state index is 11.9. The van der Waals surface area contributed by atoms with Crippen molar-refractivity contribution in [3.8, 4) is 5.75 Å². The van der Waals surface area contributed by atoms with E-state index in [0.29, 0.717) is 5.56 Å². The van der Waals surface area contributed by atoms with Crippen molar-refractivity contribution in [2.24, 2.45) is 0 Å². The molecule has 1 unspecified atom stereocenters. The second kappa shape index (κ2) is 4.66. The van der Waals surface area contributed by atoms with Gasteiger partial charge in [0, 0.05) is 0 Å². The molecule has 0 aliphatic rings. The fourth-order valence-corrected chi connectivity index (χ4v) is 1.50. The molecule has 1 aromatic carbocycles. The monoisotopic (exact) mass is 268 g/mol. The summed E-state index contributed by atoms with van der Waals surface area (Å²) < 4.78 is 58.4. The molecule has 0 spiro atoms. The molecule has 7 heteroatoms. The normalized spacial score (nSPS) is 14.5. The average Bonchev–Trinajstić information content (AvgIpc) is 2.15. The van der Waals surface area contributed by atoms with Crippen LogP contribution in [0.25, 0.3) is 0 Å². The van der Waals surface area contributed by atoms with Gasteiger partial charge < -0.3 is 9.29 Å². The largest absolute Gasteiger partial charge is 0.573 e. The van der Waals surface area contributed by atoms with Crippen molar-refractivity contribution >= 4 is 11.1 Å². The van der Waals surface area contributed by atoms with Crippen LogP contribution in [0.15, 0.2) is 24.3 Å². The molecule has 0 amide bonds. The Balaban J connectivity index is 2.93. The summed E-state index contributed by atoms with van der Waals surface area (Å²) >= 11 is -2.12. The highest BCUT2D eigenvalue weighted by molar-refractivity contribution is 7.80. The summed E-state index contributed by atoms with van der Waals surface area (Å²) in [5.74, 6) is -0.360. The van der Waals surface area contributed by atoms with Gasteiger partial charge in [0.25, 0.3) is 0 Å². The SMILES string of the molecule is CC(C)(c1ccc(OC(F)(F)F)cc1)S(=O)O. The molecule has 0 saturated heterocycles. The van der Waals surface area contributed by atoms with Gasteiger partial charge in [0.2, 0.25) is 0 Å². The van der Waals surface area contributed by atoms with Crippen molar-refractivity contribution in [3.05, 3.63) is 29.8 Å². The number of halogens is 3. The zero-order chi connectivity index (χ0) is 13.3. The fourth-order valence-electron chi connectivity index (χ4n) is 1.16. The maximum Gasteiger partial charge on any atom is 0.573 e. The van der Waals surface area contributed by atoms with Crippen molar-refractivity contribution < 1.29 is 26.7 Å². The zero-order valence-electron chi connectivity index (χ0n) is 9.12. The highest BCUT2D eigenvalue weighted by atomic mass is 32.2. The van der Waals surface area contributed by atoms with E-state index >= 15 is 0 Å². The van der Waals surface area contributed by atoms with E-state index in [-0.39, 0.29) is 5.75 Å². The molecule has 0 bridgehead atoms. The van der Waals surface area contributed by atoms with Crippen molar-refractivity contribution in [3.63, 3.8) is 0 Å². The van der Waals surface area contributed by atoms with Gasteiger partial charge in [0.05, 0.1) is 4.75 Å². The number of rotatable bonds is 3. The van der Waals surface area contributed by atoms with Crippen LogP contribution in [0.4, 0.5) is 13.2 Å². The molecular formula is C10H11F3O3S. The number of benzene rings is 1. The van der Waals surface area contributed by atoms with Gasteiger partial charge in [-0.2, -0.15) is 0 Å². The third-order valence-electron chi connectivity index (χ3n) is 2.22. The summed E-state index contributed by atoms with van der Waals surface area (Å²) in [7, 11) is 0. The molecule has 1 rings (SSSR count). The van der Waals surface area contributed by atoms with Gasteiger partial charge >= 0.3 is 6.36 Å². The molecule has 1 aromatic rings. The minimum atomic E-state index is -4.74. The topological polar surface area (TPSA) is 46.5 Å². The first kappa shape index (κ1) is 14.0. The van der Waals surface area contributed by atoms with E-state index in [4.69, 9.17) is 4.55 Å². The van der Waals surface area contributed by atoms with Crippen LogP contribution in [-0.4, -0.2) is 15.1 Å². The number of ether oxygens (including phenoxy) is 1. The molecule has 17 heavy (non-hydrogen) atoms. The first-order valence-corrected chi connectivity index (χ1v) is 5.71. The average molecular weight is 268 g/mol. The summed E-state index contributed by atoms with van der Waals surface area (Å²) in [6.07, 6.45) is -4.74. The van der Waals surface area contributed by atoms with Gasteiger partial charge in [-0.25, -0.2) is 4.21 Å². The molecule has 1 atom stereocenters. The van der Waals surface area contributed by atoms with Crippen molar-refractivity contribution in [2.45, 2.75) is 25.0 Å². The van der Waals surface area contributed by atoms with Crippen molar-refractivity contribution in [1.82, 2.24) is 0 Å². The molecule has 1 N–H and O–H groups in total. The maximum absolute atomic E-state index is 11.9. The van der Waals surface area contributed by atoms with Crippen LogP contribution < -0.4 is 4.74 Å². The lowest BCUT2D eigenvalue weighted by Gasteiger charge is -2.20. The summed E-state index contributed by atoms with van der Waals surface area (Å²) in [6, 6.07) is 4.87. The molecule has 0 fully saturated rings. The van der Waals surface area contributed by atoms with Crippen LogP contribution in [0, 0.1) is 0 Å². The smallest absolute Gasteiger partial charge is 0.406 e. The van der Waals surface area contributed by atoms with E-state index in [2.05, 4.69) is 4.74 Å². The molecule has 3 nitrogen and oxygen atoms in total. The van der Waals surface area contributed by atoms with Gasteiger partial charge in [-0.1, -0.05) is 12.1 Å². The van der Waals surface area contributed by atoms with Crippen LogP contribution in [0.1, 0.15) is 19.4 Å². The van der Waals surface area contributed by atoms with E-state index in [1.165, 1.54) is 26.0 Å². The van der Waals surface area contributed by atoms with Crippen LogP contribution in [0.5, 0.6) is 5.75 Å². The third-order valence-corrected chi connectivity index (χ3v) is 3.33. The van der Waals surface area contributed by atoms with Crippen LogP contribution in [0.3, 0.4) is 0 Å². The van der Waals surface area contributed by atoms with E-state index < -0.39 is 22.2 Å². The summed E-state index contributed by atoms with van der Waals surface area (Å²) in [6.45, 7) is 3.03. The summed E-state index contributed by atoms with van der Waals surface area (Å²) in [5, 5.41) is 0.